The second-order valence-corrected chi connectivity index (χ2v) is 5.49. The number of Topliss-reactive ketones (excluding diaryl/α,β-unsaturated/α-hetero) is 1. The first-order valence-electron chi connectivity index (χ1n) is 7.07. The SMILES string of the molecule is CC(C)Oc1cccc(-c2ccc3c(c2)CCC3=O)c1. The van der Waals surface area contributed by atoms with Gasteiger partial charge in [-0.1, -0.05) is 30.3 Å². The predicted octanol–water partition coefficient (Wildman–Crippen LogP) is 4.27. The standard InChI is InChI=1S/C18H18O2/c1-12(2)20-16-5-3-4-13(11-16)14-6-8-17-15(10-14)7-9-18(17)19/h3-6,8,10-12H,7,9H2,1-2H3. The number of benzene rings is 2. The van der Waals surface area contributed by atoms with Gasteiger partial charge < -0.3 is 4.74 Å². The summed E-state index contributed by atoms with van der Waals surface area (Å²) in [6.07, 6.45) is 1.68. The van der Waals surface area contributed by atoms with Crippen molar-refractivity contribution in [3.8, 4) is 16.9 Å². The average molecular weight is 266 g/mol. The summed E-state index contributed by atoms with van der Waals surface area (Å²) in [4.78, 5) is 11.7. The molecule has 20 heavy (non-hydrogen) atoms. The molecule has 0 saturated heterocycles. The van der Waals surface area contributed by atoms with Crippen molar-refractivity contribution in [2.24, 2.45) is 0 Å². The first-order chi connectivity index (χ1) is 9.63. The Labute approximate surface area is 119 Å². The Kier molecular flexibility index (Phi) is 3.31. The topological polar surface area (TPSA) is 26.3 Å². The molecule has 0 spiro atoms. The van der Waals surface area contributed by atoms with Gasteiger partial charge in [0.2, 0.25) is 0 Å². The minimum absolute atomic E-state index is 0.169. The Balaban J connectivity index is 1.95. The van der Waals surface area contributed by atoms with Crippen LogP contribution >= 0.6 is 0 Å². The summed E-state index contributed by atoms with van der Waals surface area (Å²) < 4.78 is 5.73. The van der Waals surface area contributed by atoms with Gasteiger partial charge in [-0.3, -0.25) is 4.79 Å². The van der Waals surface area contributed by atoms with E-state index in [0.29, 0.717) is 6.42 Å². The zero-order valence-corrected chi connectivity index (χ0v) is 11.8. The van der Waals surface area contributed by atoms with Crippen LogP contribution in [0.3, 0.4) is 0 Å². The Hall–Kier alpha value is -2.09. The Morgan fingerprint density at radius 3 is 2.60 bits per heavy atom. The molecule has 0 aliphatic heterocycles. The summed E-state index contributed by atoms with van der Waals surface area (Å²) in [5.74, 6) is 1.15. The minimum Gasteiger partial charge on any atom is -0.491 e. The maximum Gasteiger partial charge on any atom is 0.163 e. The van der Waals surface area contributed by atoms with Gasteiger partial charge in [-0.2, -0.15) is 0 Å². The highest BCUT2D eigenvalue weighted by molar-refractivity contribution is 6.00. The van der Waals surface area contributed by atoms with Crippen molar-refractivity contribution >= 4 is 5.78 Å². The van der Waals surface area contributed by atoms with E-state index in [9.17, 15) is 4.79 Å². The third-order valence-electron chi connectivity index (χ3n) is 3.57. The molecule has 2 aromatic rings. The second kappa shape index (κ2) is 5.12. The van der Waals surface area contributed by atoms with Crippen LogP contribution in [0.1, 0.15) is 36.2 Å². The summed E-state index contributed by atoms with van der Waals surface area (Å²) in [6.45, 7) is 4.04. The average Bonchev–Trinajstić information content (AvgIpc) is 2.79. The molecule has 0 amide bonds. The molecule has 0 unspecified atom stereocenters. The van der Waals surface area contributed by atoms with Gasteiger partial charge in [0.15, 0.2) is 5.78 Å². The van der Waals surface area contributed by atoms with E-state index in [1.165, 1.54) is 5.56 Å². The lowest BCUT2D eigenvalue weighted by Gasteiger charge is -2.11. The number of ketones is 1. The van der Waals surface area contributed by atoms with E-state index in [2.05, 4.69) is 18.2 Å². The quantitative estimate of drug-likeness (QED) is 0.829. The third kappa shape index (κ3) is 2.46. The van der Waals surface area contributed by atoms with Crippen LogP contribution in [-0.2, 0) is 6.42 Å². The molecule has 0 fully saturated rings. The van der Waals surface area contributed by atoms with E-state index in [4.69, 9.17) is 4.74 Å². The highest BCUT2D eigenvalue weighted by atomic mass is 16.5. The van der Waals surface area contributed by atoms with Gasteiger partial charge in [0.05, 0.1) is 6.10 Å². The van der Waals surface area contributed by atoms with Crippen molar-refractivity contribution in [1.82, 2.24) is 0 Å². The van der Waals surface area contributed by atoms with Crippen molar-refractivity contribution < 1.29 is 9.53 Å². The molecule has 0 saturated carbocycles. The van der Waals surface area contributed by atoms with Crippen molar-refractivity contribution in [1.29, 1.82) is 0 Å². The fraction of sp³-hybridized carbons (Fsp3) is 0.278. The molecule has 0 bridgehead atoms. The highest BCUT2D eigenvalue weighted by Crippen LogP contribution is 2.29. The molecule has 102 valence electrons. The van der Waals surface area contributed by atoms with Crippen molar-refractivity contribution in [3.63, 3.8) is 0 Å². The van der Waals surface area contributed by atoms with E-state index in [1.54, 1.807) is 0 Å². The Morgan fingerprint density at radius 2 is 1.80 bits per heavy atom. The molecular weight excluding hydrogens is 248 g/mol. The molecule has 2 aromatic carbocycles. The van der Waals surface area contributed by atoms with Crippen molar-refractivity contribution in [3.05, 3.63) is 53.6 Å². The summed E-state index contributed by atoms with van der Waals surface area (Å²) in [7, 11) is 0. The van der Waals surface area contributed by atoms with Gasteiger partial charge in [-0.05, 0) is 49.1 Å². The number of hydrogen-bond acceptors (Lipinski definition) is 2. The number of carbonyl (C=O) groups excluding carboxylic acids is 1. The van der Waals surface area contributed by atoms with E-state index in [-0.39, 0.29) is 11.9 Å². The zero-order valence-electron chi connectivity index (χ0n) is 11.8. The predicted molar refractivity (Wildman–Crippen MR) is 80.3 cm³/mol. The molecule has 1 aliphatic rings. The van der Waals surface area contributed by atoms with Crippen LogP contribution in [0.4, 0.5) is 0 Å². The summed E-state index contributed by atoms with van der Waals surface area (Å²) in [5, 5.41) is 0. The van der Waals surface area contributed by atoms with Crippen LogP contribution in [0, 0.1) is 0 Å². The second-order valence-electron chi connectivity index (χ2n) is 5.49. The Morgan fingerprint density at radius 1 is 1.00 bits per heavy atom. The lowest BCUT2D eigenvalue weighted by atomic mass is 10.0. The van der Waals surface area contributed by atoms with Crippen LogP contribution in [0.15, 0.2) is 42.5 Å². The van der Waals surface area contributed by atoms with E-state index >= 15 is 0 Å². The molecule has 0 heterocycles. The monoisotopic (exact) mass is 266 g/mol. The summed E-state index contributed by atoms with van der Waals surface area (Å²) in [6, 6.07) is 14.2. The van der Waals surface area contributed by atoms with Gasteiger partial charge >= 0.3 is 0 Å². The van der Waals surface area contributed by atoms with Crippen LogP contribution in [-0.4, -0.2) is 11.9 Å². The lowest BCUT2D eigenvalue weighted by Crippen LogP contribution is -2.05. The molecule has 0 radical (unpaired) electrons. The van der Waals surface area contributed by atoms with Gasteiger partial charge in [0.25, 0.3) is 0 Å². The minimum atomic E-state index is 0.169. The number of hydrogen-bond donors (Lipinski definition) is 0. The van der Waals surface area contributed by atoms with Crippen molar-refractivity contribution in [2.45, 2.75) is 32.8 Å². The number of ether oxygens (including phenoxy) is 1. The molecule has 2 heteroatoms. The number of fused-ring (bicyclic) bond motifs is 1. The van der Waals surface area contributed by atoms with Crippen LogP contribution in [0.5, 0.6) is 5.75 Å². The number of rotatable bonds is 3. The van der Waals surface area contributed by atoms with Crippen LogP contribution in [0.2, 0.25) is 0 Å². The first-order valence-corrected chi connectivity index (χ1v) is 7.07. The molecule has 2 nitrogen and oxygen atoms in total. The fourth-order valence-electron chi connectivity index (χ4n) is 2.66. The highest BCUT2D eigenvalue weighted by Gasteiger charge is 2.19. The first kappa shape index (κ1) is 12.9. The van der Waals surface area contributed by atoms with E-state index in [0.717, 1.165) is 28.9 Å². The van der Waals surface area contributed by atoms with Gasteiger partial charge in [-0.25, -0.2) is 0 Å². The largest absolute Gasteiger partial charge is 0.491 e. The molecule has 3 rings (SSSR count). The third-order valence-corrected chi connectivity index (χ3v) is 3.57. The smallest absolute Gasteiger partial charge is 0.163 e. The summed E-state index contributed by atoms with van der Waals surface area (Å²) in [5.41, 5.74) is 4.34. The van der Waals surface area contributed by atoms with Crippen LogP contribution in [0.25, 0.3) is 11.1 Å². The van der Waals surface area contributed by atoms with Gasteiger partial charge in [0.1, 0.15) is 5.75 Å². The normalized spacial score (nSPS) is 13.7. The van der Waals surface area contributed by atoms with E-state index in [1.807, 2.05) is 38.1 Å². The molecule has 1 aliphatic carbocycles. The molecule has 0 N–H and O–H groups in total. The fourth-order valence-corrected chi connectivity index (χ4v) is 2.66. The zero-order chi connectivity index (χ0) is 14.1. The van der Waals surface area contributed by atoms with Gasteiger partial charge in [-0.15, -0.1) is 0 Å². The van der Waals surface area contributed by atoms with Gasteiger partial charge in [0, 0.05) is 12.0 Å². The molecule has 0 aromatic heterocycles. The maximum atomic E-state index is 11.7. The number of aryl methyl sites for hydroxylation is 1. The van der Waals surface area contributed by atoms with Crippen LogP contribution < -0.4 is 4.74 Å². The summed E-state index contributed by atoms with van der Waals surface area (Å²) >= 11 is 0. The van der Waals surface area contributed by atoms with Crippen molar-refractivity contribution in [2.75, 3.05) is 0 Å². The maximum absolute atomic E-state index is 11.7. The molecular formula is C18H18O2. The number of carbonyl (C=O) groups is 1. The Bertz CT molecular complexity index is 656. The lowest BCUT2D eigenvalue weighted by molar-refractivity contribution is 0.0994. The molecule has 0 atom stereocenters. The van der Waals surface area contributed by atoms with E-state index < -0.39 is 0 Å².